The van der Waals surface area contributed by atoms with Crippen LogP contribution >= 0.6 is 0 Å². The van der Waals surface area contributed by atoms with Gasteiger partial charge >= 0.3 is 5.97 Å². The number of hydrogen-bond donors (Lipinski definition) is 3. The number of carboxylic acid groups (broad SMARTS) is 1. The van der Waals surface area contributed by atoms with Crippen LogP contribution in [0.15, 0.2) is 40.8 Å². The molecule has 0 fully saturated rings. The van der Waals surface area contributed by atoms with Gasteiger partial charge in [0.05, 0.1) is 6.54 Å². The molecule has 1 heterocycles. The Labute approximate surface area is 104 Å². The molecule has 0 aliphatic heterocycles. The van der Waals surface area contributed by atoms with Crippen LogP contribution in [0.4, 0.5) is 0 Å². The summed E-state index contributed by atoms with van der Waals surface area (Å²) in [6.07, 6.45) is 0. The van der Waals surface area contributed by atoms with Gasteiger partial charge in [-0.1, -0.05) is 12.1 Å². The normalized spacial score (nSPS) is 10.4. The quantitative estimate of drug-likeness (QED) is 0.752. The van der Waals surface area contributed by atoms with Crippen molar-refractivity contribution < 1.29 is 19.4 Å². The zero-order valence-electron chi connectivity index (χ0n) is 9.59. The van der Waals surface area contributed by atoms with E-state index in [0.29, 0.717) is 18.8 Å². The number of aromatic hydroxyl groups is 1. The van der Waals surface area contributed by atoms with E-state index < -0.39 is 5.97 Å². The molecule has 3 N–H and O–H groups in total. The van der Waals surface area contributed by atoms with Crippen LogP contribution in [-0.2, 0) is 13.1 Å². The molecule has 18 heavy (non-hydrogen) atoms. The maximum atomic E-state index is 10.6. The lowest BCUT2D eigenvalue weighted by molar-refractivity contribution is 0.0660. The Kier molecular flexibility index (Phi) is 3.64. The van der Waals surface area contributed by atoms with Crippen molar-refractivity contribution in [1.82, 2.24) is 5.32 Å². The molecule has 0 radical (unpaired) electrons. The number of furan rings is 1. The number of benzene rings is 1. The second-order valence-electron chi connectivity index (χ2n) is 3.84. The van der Waals surface area contributed by atoms with Crippen LogP contribution in [0.3, 0.4) is 0 Å². The van der Waals surface area contributed by atoms with E-state index in [-0.39, 0.29) is 11.5 Å². The average molecular weight is 247 g/mol. The van der Waals surface area contributed by atoms with Crippen molar-refractivity contribution in [1.29, 1.82) is 0 Å². The lowest BCUT2D eigenvalue weighted by atomic mass is 10.2. The van der Waals surface area contributed by atoms with Gasteiger partial charge in [-0.3, -0.25) is 0 Å². The Morgan fingerprint density at radius 3 is 2.44 bits per heavy atom. The zero-order valence-corrected chi connectivity index (χ0v) is 9.59. The summed E-state index contributed by atoms with van der Waals surface area (Å²) in [6.45, 7) is 1.07. The molecule has 0 aliphatic rings. The largest absolute Gasteiger partial charge is 0.508 e. The molecule has 0 saturated heterocycles. The van der Waals surface area contributed by atoms with E-state index in [2.05, 4.69) is 5.32 Å². The first kappa shape index (κ1) is 12.2. The summed E-state index contributed by atoms with van der Waals surface area (Å²) in [6, 6.07) is 9.92. The molecular formula is C13H13NO4. The number of phenolic OH excluding ortho intramolecular Hbond substituents is 1. The molecule has 5 heteroatoms. The zero-order chi connectivity index (χ0) is 13.0. The molecule has 0 spiro atoms. The third kappa shape index (κ3) is 3.11. The Balaban J connectivity index is 1.84. The molecule has 0 saturated carbocycles. The van der Waals surface area contributed by atoms with Gasteiger partial charge in [0, 0.05) is 6.54 Å². The van der Waals surface area contributed by atoms with Crippen LogP contribution in [0.5, 0.6) is 5.75 Å². The standard InChI is InChI=1S/C13H13NO4/c15-10-3-1-9(2-4-10)7-14-8-11-5-6-12(18-11)13(16)17/h1-6,14-15H,7-8H2,(H,16,17). The number of hydrogen-bond acceptors (Lipinski definition) is 4. The third-order valence-electron chi connectivity index (χ3n) is 2.44. The van der Waals surface area contributed by atoms with E-state index in [1.54, 1.807) is 18.2 Å². The Bertz CT molecular complexity index is 530. The molecule has 0 bridgehead atoms. The number of carboxylic acids is 1. The van der Waals surface area contributed by atoms with Crippen molar-refractivity contribution in [3.05, 3.63) is 53.5 Å². The summed E-state index contributed by atoms with van der Waals surface area (Å²) in [5.74, 6) is -0.321. The Morgan fingerprint density at radius 1 is 1.11 bits per heavy atom. The summed E-state index contributed by atoms with van der Waals surface area (Å²) in [5.41, 5.74) is 1.03. The van der Waals surface area contributed by atoms with Gasteiger partial charge < -0.3 is 19.9 Å². The van der Waals surface area contributed by atoms with Gasteiger partial charge in [0.15, 0.2) is 0 Å². The first-order valence-electron chi connectivity index (χ1n) is 5.46. The first-order valence-corrected chi connectivity index (χ1v) is 5.46. The predicted octanol–water partition coefficient (Wildman–Crippen LogP) is 1.97. The number of nitrogens with one attached hydrogen (secondary N) is 1. The van der Waals surface area contributed by atoms with Crippen LogP contribution in [-0.4, -0.2) is 16.2 Å². The van der Waals surface area contributed by atoms with Gasteiger partial charge in [0.25, 0.3) is 0 Å². The summed E-state index contributed by atoms with van der Waals surface area (Å²) in [4.78, 5) is 10.6. The van der Waals surface area contributed by atoms with Crippen molar-refractivity contribution in [2.75, 3.05) is 0 Å². The van der Waals surface area contributed by atoms with Crippen LogP contribution in [0.25, 0.3) is 0 Å². The summed E-state index contributed by atoms with van der Waals surface area (Å²) >= 11 is 0. The van der Waals surface area contributed by atoms with E-state index in [1.807, 2.05) is 12.1 Å². The van der Waals surface area contributed by atoms with Gasteiger partial charge in [-0.2, -0.15) is 0 Å². The predicted molar refractivity (Wildman–Crippen MR) is 64.3 cm³/mol. The molecule has 2 aromatic rings. The summed E-state index contributed by atoms with van der Waals surface area (Å²) in [7, 11) is 0. The SMILES string of the molecule is O=C(O)c1ccc(CNCc2ccc(O)cc2)o1. The molecule has 0 unspecified atom stereocenters. The molecule has 1 aromatic heterocycles. The number of rotatable bonds is 5. The third-order valence-corrected chi connectivity index (χ3v) is 2.44. The first-order chi connectivity index (χ1) is 8.65. The number of carbonyl (C=O) groups is 1. The van der Waals surface area contributed by atoms with Crippen molar-refractivity contribution in [3.8, 4) is 5.75 Å². The maximum absolute atomic E-state index is 10.6. The fourth-order valence-corrected chi connectivity index (χ4v) is 1.53. The minimum absolute atomic E-state index is 0.0589. The number of phenols is 1. The lowest BCUT2D eigenvalue weighted by Crippen LogP contribution is -2.11. The van der Waals surface area contributed by atoms with E-state index >= 15 is 0 Å². The highest BCUT2D eigenvalue weighted by Gasteiger charge is 2.08. The van der Waals surface area contributed by atoms with Crippen molar-refractivity contribution in [2.24, 2.45) is 0 Å². The summed E-state index contributed by atoms with van der Waals surface area (Å²) < 4.78 is 5.10. The van der Waals surface area contributed by atoms with Crippen LogP contribution in [0, 0.1) is 0 Å². The topological polar surface area (TPSA) is 82.7 Å². The fraction of sp³-hybridized carbons (Fsp3) is 0.154. The van der Waals surface area contributed by atoms with E-state index in [4.69, 9.17) is 14.6 Å². The van der Waals surface area contributed by atoms with E-state index in [0.717, 1.165) is 5.56 Å². The molecule has 1 aromatic carbocycles. The highest BCUT2D eigenvalue weighted by atomic mass is 16.4. The summed E-state index contributed by atoms with van der Waals surface area (Å²) in [5, 5.41) is 20.9. The van der Waals surface area contributed by atoms with E-state index in [9.17, 15) is 4.79 Å². The highest BCUT2D eigenvalue weighted by Crippen LogP contribution is 2.10. The molecule has 0 aliphatic carbocycles. The van der Waals surface area contributed by atoms with Gasteiger partial charge in [-0.15, -0.1) is 0 Å². The van der Waals surface area contributed by atoms with Crippen LogP contribution in [0.2, 0.25) is 0 Å². The molecule has 0 amide bonds. The number of aromatic carboxylic acids is 1. The Morgan fingerprint density at radius 2 is 1.83 bits per heavy atom. The fourth-order valence-electron chi connectivity index (χ4n) is 1.53. The Hall–Kier alpha value is -2.27. The van der Waals surface area contributed by atoms with Crippen LogP contribution < -0.4 is 5.32 Å². The van der Waals surface area contributed by atoms with Gasteiger partial charge in [0.2, 0.25) is 5.76 Å². The maximum Gasteiger partial charge on any atom is 0.371 e. The molecule has 0 atom stereocenters. The van der Waals surface area contributed by atoms with Gasteiger partial charge in [-0.25, -0.2) is 4.79 Å². The van der Waals surface area contributed by atoms with Crippen molar-refractivity contribution >= 4 is 5.97 Å². The highest BCUT2D eigenvalue weighted by molar-refractivity contribution is 5.84. The second-order valence-corrected chi connectivity index (χ2v) is 3.84. The minimum Gasteiger partial charge on any atom is -0.508 e. The van der Waals surface area contributed by atoms with Gasteiger partial charge in [0.1, 0.15) is 11.5 Å². The molecule has 2 rings (SSSR count). The van der Waals surface area contributed by atoms with Crippen molar-refractivity contribution in [3.63, 3.8) is 0 Å². The molecule has 94 valence electrons. The van der Waals surface area contributed by atoms with E-state index in [1.165, 1.54) is 6.07 Å². The second kappa shape index (κ2) is 5.37. The average Bonchev–Trinajstić information content (AvgIpc) is 2.81. The van der Waals surface area contributed by atoms with Crippen LogP contribution in [0.1, 0.15) is 21.9 Å². The minimum atomic E-state index is -1.07. The van der Waals surface area contributed by atoms with Crippen molar-refractivity contribution in [2.45, 2.75) is 13.1 Å². The lowest BCUT2D eigenvalue weighted by Gasteiger charge is -2.03. The monoisotopic (exact) mass is 247 g/mol. The molecular weight excluding hydrogens is 234 g/mol. The van der Waals surface area contributed by atoms with Gasteiger partial charge in [-0.05, 0) is 29.8 Å². The smallest absolute Gasteiger partial charge is 0.371 e. The molecule has 5 nitrogen and oxygen atoms in total.